The summed E-state index contributed by atoms with van der Waals surface area (Å²) in [6.07, 6.45) is 0. The lowest BCUT2D eigenvalue weighted by Gasteiger charge is -2.06. The summed E-state index contributed by atoms with van der Waals surface area (Å²) < 4.78 is 27.1. The lowest BCUT2D eigenvalue weighted by molar-refractivity contribution is 0.103. The van der Waals surface area contributed by atoms with Gasteiger partial charge in [0.15, 0.2) is 5.78 Å². The molecule has 0 N–H and O–H groups in total. The van der Waals surface area contributed by atoms with Crippen molar-refractivity contribution in [2.75, 3.05) is 0 Å². The molecule has 0 aliphatic rings. The van der Waals surface area contributed by atoms with Crippen LogP contribution in [0.15, 0.2) is 36.4 Å². The van der Waals surface area contributed by atoms with Gasteiger partial charge in [0, 0.05) is 5.56 Å². The van der Waals surface area contributed by atoms with Crippen LogP contribution in [0.25, 0.3) is 0 Å². The third kappa shape index (κ3) is 2.30. The minimum atomic E-state index is -0.834. The number of carbonyl (C=O) groups is 1. The number of ketones is 1. The monoisotopic (exact) mass is 246 g/mol. The normalized spacial score (nSPS) is 10.4. The molecule has 18 heavy (non-hydrogen) atoms. The Balaban J connectivity index is 2.55. The Morgan fingerprint density at radius 2 is 1.44 bits per heavy atom. The quantitative estimate of drug-likeness (QED) is 0.736. The Bertz CT molecular complexity index is 577. The summed E-state index contributed by atoms with van der Waals surface area (Å²) in [6, 6.07) is 8.55. The standard InChI is InChI=1S/C15H12F2O/c1-9-6-10(2)8-11(7-9)15(18)14-12(16)4-3-5-13(14)17/h3-8H,1-2H3. The fourth-order valence-corrected chi connectivity index (χ4v) is 1.96. The molecular formula is C15H12F2O. The Kier molecular flexibility index (Phi) is 3.24. The number of halogens is 2. The second-order valence-electron chi connectivity index (χ2n) is 4.30. The van der Waals surface area contributed by atoms with E-state index in [0.717, 1.165) is 23.3 Å². The zero-order chi connectivity index (χ0) is 13.3. The highest BCUT2D eigenvalue weighted by Crippen LogP contribution is 2.19. The smallest absolute Gasteiger partial charge is 0.198 e. The van der Waals surface area contributed by atoms with Crippen molar-refractivity contribution < 1.29 is 13.6 Å². The van der Waals surface area contributed by atoms with Gasteiger partial charge in [0.25, 0.3) is 0 Å². The van der Waals surface area contributed by atoms with Crippen LogP contribution in [0.1, 0.15) is 27.0 Å². The maximum Gasteiger partial charge on any atom is 0.198 e. The summed E-state index contributed by atoms with van der Waals surface area (Å²) in [7, 11) is 0. The van der Waals surface area contributed by atoms with Crippen LogP contribution < -0.4 is 0 Å². The Hall–Kier alpha value is -2.03. The van der Waals surface area contributed by atoms with E-state index < -0.39 is 23.0 Å². The largest absolute Gasteiger partial charge is 0.288 e. The summed E-state index contributed by atoms with van der Waals surface area (Å²) in [5, 5.41) is 0. The molecule has 1 nitrogen and oxygen atoms in total. The van der Waals surface area contributed by atoms with Crippen molar-refractivity contribution in [1.29, 1.82) is 0 Å². The lowest BCUT2D eigenvalue weighted by atomic mass is 9.99. The van der Waals surface area contributed by atoms with E-state index >= 15 is 0 Å². The van der Waals surface area contributed by atoms with Crippen LogP contribution >= 0.6 is 0 Å². The highest BCUT2D eigenvalue weighted by atomic mass is 19.1. The van der Waals surface area contributed by atoms with E-state index in [1.165, 1.54) is 6.07 Å². The number of benzene rings is 2. The van der Waals surface area contributed by atoms with Crippen molar-refractivity contribution in [2.24, 2.45) is 0 Å². The summed E-state index contributed by atoms with van der Waals surface area (Å²) in [4.78, 5) is 12.1. The van der Waals surface area contributed by atoms with Crippen LogP contribution in [0, 0.1) is 25.5 Å². The van der Waals surface area contributed by atoms with Crippen molar-refractivity contribution in [2.45, 2.75) is 13.8 Å². The first kappa shape index (κ1) is 12.4. The van der Waals surface area contributed by atoms with Gasteiger partial charge < -0.3 is 0 Å². The average Bonchev–Trinajstić information content (AvgIpc) is 2.27. The van der Waals surface area contributed by atoms with E-state index in [9.17, 15) is 13.6 Å². The van der Waals surface area contributed by atoms with Gasteiger partial charge in [-0.25, -0.2) is 8.78 Å². The van der Waals surface area contributed by atoms with Gasteiger partial charge in [-0.3, -0.25) is 4.79 Å². The Morgan fingerprint density at radius 3 is 1.94 bits per heavy atom. The Morgan fingerprint density at radius 1 is 0.944 bits per heavy atom. The lowest BCUT2D eigenvalue weighted by Crippen LogP contribution is -2.08. The molecule has 0 amide bonds. The zero-order valence-corrected chi connectivity index (χ0v) is 10.1. The maximum absolute atomic E-state index is 13.5. The van der Waals surface area contributed by atoms with Crippen molar-refractivity contribution in [1.82, 2.24) is 0 Å². The highest BCUT2D eigenvalue weighted by Gasteiger charge is 2.18. The van der Waals surface area contributed by atoms with E-state index in [0.29, 0.717) is 5.56 Å². The molecule has 3 heteroatoms. The fraction of sp³-hybridized carbons (Fsp3) is 0.133. The molecule has 0 saturated carbocycles. The molecule has 0 saturated heterocycles. The average molecular weight is 246 g/mol. The summed E-state index contributed by atoms with van der Waals surface area (Å²) in [6.45, 7) is 3.67. The molecule has 2 rings (SSSR count). The van der Waals surface area contributed by atoms with Gasteiger partial charge in [-0.1, -0.05) is 23.3 Å². The van der Waals surface area contributed by atoms with Crippen LogP contribution in [-0.4, -0.2) is 5.78 Å². The van der Waals surface area contributed by atoms with Gasteiger partial charge in [0.1, 0.15) is 11.6 Å². The minimum Gasteiger partial charge on any atom is -0.288 e. The number of aryl methyl sites for hydroxylation is 2. The van der Waals surface area contributed by atoms with Crippen molar-refractivity contribution in [3.05, 3.63) is 70.3 Å². The molecule has 2 aromatic rings. The molecule has 0 atom stereocenters. The molecule has 92 valence electrons. The molecule has 0 heterocycles. The van der Waals surface area contributed by atoms with Gasteiger partial charge in [-0.15, -0.1) is 0 Å². The summed E-state index contributed by atoms with van der Waals surface area (Å²) in [5.41, 5.74) is 1.57. The number of hydrogen-bond acceptors (Lipinski definition) is 1. The number of carbonyl (C=O) groups excluding carboxylic acids is 1. The van der Waals surface area contributed by atoms with E-state index in [1.54, 1.807) is 12.1 Å². The second-order valence-corrected chi connectivity index (χ2v) is 4.30. The van der Waals surface area contributed by atoms with Crippen LogP contribution in [0.2, 0.25) is 0 Å². The third-order valence-corrected chi connectivity index (χ3v) is 2.67. The summed E-state index contributed by atoms with van der Waals surface area (Å²) >= 11 is 0. The third-order valence-electron chi connectivity index (χ3n) is 2.67. The molecule has 0 fully saturated rings. The molecule has 0 radical (unpaired) electrons. The highest BCUT2D eigenvalue weighted by molar-refractivity contribution is 6.09. The maximum atomic E-state index is 13.5. The number of hydrogen-bond donors (Lipinski definition) is 0. The van der Waals surface area contributed by atoms with E-state index in [2.05, 4.69) is 0 Å². The van der Waals surface area contributed by atoms with Gasteiger partial charge >= 0.3 is 0 Å². The predicted octanol–water partition coefficient (Wildman–Crippen LogP) is 3.81. The second kappa shape index (κ2) is 4.69. The first-order valence-corrected chi connectivity index (χ1v) is 5.56. The topological polar surface area (TPSA) is 17.1 Å². The molecule has 0 spiro atoms. The molecule has 0 bridgehead atoms. The van der Waals surface area contributed by atoms with E-state index in [1.807, 2.05) is 19.9 Å². The zero-order valence-electron chi connectivity index (χ0n) is 10.1. The van der Waals surface area contributed by atoms with Crippen LogP contribution in [0.5, 0.6) is 0 Å². The Labute approximate surface area is 104 Å². The van der Waals surface area contributed by atoms with Gasteiger partial charge in [-0.05, 0) is 38.1 Å². The van der Waals surface area contributed by atoms with Crippen molar-refractivity contribution in [3.8, 4) is 0 Å². The summed E-state index contributed by atoms with van der Waals surface area (Å²) in [5.74, 6) is -2.30. The van der Waals surface area contributed by atoms with E-state index in [-0.39, 0.29) is 0 Å². The molecular weight excluding hydrogens is 234 g/mol. The van der Waals surface area contributed by atoms with Gasteiger partial charge in [0.05, 0.1) is 5.56 Å². The van der Waals surface area contributed by atoms with Crippen LogP contribution in [0.3, 0.4) is 0 Å². The van der Waals surface area contributed by atoms with Gasteiger partial charge in [-0.2, -0.15) is 0 Å². The van der Waals surface area contributed by atoms with E-state index in [4.69, 9.17) is 0 Å². The van der Waals surface area contributed by atoms with Crippen LogP contribution in [-0.2, 0) is 0 Å². The van der Waals surface area contributed by atoms with Crippen LogP contribution in [0.4, 0.5) is 8.78 Å². The van der Waals surface area contributed by atoms with Gasteiger partial charge in [0.2, 0.25) is 0 Å². The molecule has 0 unspecified atom stereocenters. The molecule has 0 aromatic heterocycles. The first-order valence-electron chi connectivity index (χ1n) is 5.56. The minimum absolute atomic E-state index is 0.302. The SMILES string of the molecule is Cc1cc(C)cc(C(=O)c2c(F)cccc2F)c1. The molecule has 2 aromatic carbocycles. The fourth-order valence-electron chi connectivity index (χ4n) is 1.96. The van der Waals surface area contributed by atoms with Crippen molar-refractivity contribution >= 4 is 5.78 Å². The number of rotatable bonds is 2. The molecule has 0 aliphatic heterocycles. The molecule has 0 aliphatic carbocycles. The van der Waals surface area contributed by atoms with Crippen molar-refractivity contribution in [3.63, 3.8) is 0 Å². The first-order chi connectivity index (χ1) is 8.49. The predicted molar refractivity (Wildman–Crippen MR) is 65.7 cm³/mol.